The first-order valence-electron chi connectivity index (χ1n) is 7.85. The third kappa shape index (κ3) is 2.12. The number of ketones is 1. The average Bonchev–Trinajstić information content (AvgIpc) is 2.61. The minimum Gasteiger partial charge on any atom is -0.289 e. The summed E-state index contributed by atoms with van der Waals surface area (Å²) in [6.07, 6.45) is 8.13. The van der Waals surface area contributed by atoms with Crippen molar-refractivity contribution in [3.05, 3.63) is 65.9 Å². The van der Waals surface area contributed by atoms with Crippen LogP contribution in [0.1, 0.15) is 36.0 Å². The molecule has 0 radical (unpaired) electrons. The first kappa shape index (κ1) is 13.2. The fraction of sp³-hybridized carbons (Fsp3) is 0.200. The molecule has 0 fully saturated rings. The molecule has 2 nitrogen and oxygen atoms in total. The number of Topliss-reactive ketones (excluding diaryl/α,β-unsaturated/α-hetero) is 1. The Bertz CT molecular complexity index is 908. The molecular formula is C20H17NO. The molecule has 0 N–H and O–H groups in total. The van der Waals surface area contributed by atoms with Gasteiger partial charge in [-0.1, -0.05) is 42.5 Å². The average molecular weight is 287 g/mol. The first-order valence-corrected chi connectivity index (χ1v) is 7.85. The van der Waals surface area contributed by atoms with Gasteiger partial charge in [0.15, 0.2) is 5.78 Å². The van der Waals surface area contributed by atoms with E-state index < -0.39 is 0 Å². The number of aromatic nitrogens is 1. The molecule has 4 rings (SSSR count). The molecule has 0 spiro atoms. The van der Waals surface area contributed by atoms with E-state index in [0.29, 0.717) is 0 Å². The van der Waals surface area contributed by atoms with Crippen molar-refractivity contribution >= 4 is 27.5 Å². The van der Waals surface area contributed by atoms with Crippen LogP contribution in [0, 0.1) is 0 Å². The Morgan fingerprint density at radius 2 is 1.82 bits per heavy atom. The van der Waals surface area contributed by atoms with Crippen molar-refractivity contribution < 1.29 is 4.79 Å². The van der Waals surface area contributed by atoms with Gasteiger partial charge in [-0.25, -0.2) is 0 Å². The molecule has 3 aromatic rings. The molecule has 0 saturated heterocycles. The number of allylic oxidation sites excluding steroid dienone is 2. The van der Waals surface area contributed by atoms with E-state index in [0.717, 1.165) is 52.1 Å². The van der Waals surface area contributed by atoms with Crippen LogP contribution in [0.4, 0.5) is 0 Å². The van der Waals surface area contributed by atoms with Crippen molar-refractivity contribution in [3.63, 3.8) is 0 Å². The lowest BCUT2D eigenvalue weighted by atomic mass is 9.90. The van der Waals surface area contributed by atoms with Gasteiger partial charge in [-0.05, 0) is 42.7 Å². The van der Waals surface area contributed by atoms with Gasteiger partial charge in [0, 0.05) is 22.5 Å². The summed E-state index contributed by atoms with van der Waals surface area (Å²) in [5.41, 5.74) is 2.67. The predicted octanol–water partition coefficient (Wildman–Crippen LogP) is 5.07. The van der Waals surface area contributed by atoms with E-state index in [1.54, 1.807) is 6.20 Å². The van der Waals surface area contributed by atoms with Gasteiger partial charge in [0.25, 0.3) is 0 Å². The summed E-state index contributed by atoms with van der Waals surface area (Å²) in [7, 11) is 0. The van der Waals surface area contributed by atoms with Gasteiger partial charge in [-0.3, -0.25) is 9.78 Å². The number of nitrogens with zero attached hydrogens (tertiary/aromatic N) is 1. The number of fused-ring (bicyclic) bond motifs is 3. The van der Waals surface area contributed by atoms with Crippen LogP contribution >= 0.6 is 0 Å². The highest BCUT2D eigenvalue weighted by Gasteiger charge is 2.18. The topological polar surface area (TPSA) is 30.0 Å². The molecule has 1 heterocycles. The normalized spacial score (nSPS) is 15.0. The van der Waals surface area contributed by atoms with Crippen LogP contribution in [0.25, 0.3) is 21.7 Å². The SMILES string of the molecule is O=C(C1=CCCCC1)c1cccc2ccc3cccnc3c12. The molecule has 0 bridgehead atoms. The van der Waals surface area contributed by atoms with Crippen molar-refractivity contribution in [2.45, 2.75) is 25.7 Å². The molecule has 2 heteroatoms. The molecule has 2 aromatic carbocycles. The highest BCUT2D eigenvalue weighted by molar-refractivity contribution is 6.21. The molecule has 0 atom stereocenters. The fourth-order valence-corrected chi connectivity index (χ4v) is 3.32. The monoisotopic (exact) mass is 287 g/mol. The Hall–Kier alpha value is -2.48. The number of carbonyl (C=O) groups excluding carboxylic acids is 1. The van der Waals surface area contributed by atoms with Crippen LogP contribution in [0.3, 0.4) is 0 Å². The second-order valence-corrected chi connectivity index (χ2v) is 5.85. The summed E-state index contributed by atoms with van der Waals surface area (Å²) in [5, 5.41) is 3.14. The molecule has 1 aromatic heterocycles. The van der Waals surface area contributed by atoms with E-state index in [1.165, 1.54) is 6.42 Å². The van der Waals surface area contributed by atoms with Crippen LogP contribution in [0.5, 0.6) is 0 Å². The molecule has 0 unspecified atom stereocenters. The zero-order valence-electron chi connectivity index (χ0n) is 12.4. The number of hydrogen-bond donors (Lipinski definition) is 0. The Kier molecular flexibility index (Phi) is 3.23. The van der Waals surface area contributed by atoms with Gasteiger partial charge >= 0.3 is 0 Å². The molecule has 1 aliphatic rings. The standard InChI is InChI=1S/C20H17NO/c22-20(16-6-2-1-3-7-16)17-10-4-8-14-11-12-15-9-5-13-21-19(15)18(14)17/h4-6,8-13H,1-3,7H2. The van der Waals surface area contributed by atoms with E-state index in [1.807, 2.05) is 24.3 Å². The Balaban J connectivity index is 1.99. The van der Waals surface area contributed by atoms with Crippen molar-refractivity contribution in [1.82, 2.24) is 4.98 Å². The van der Waals surface area contributed by atoms with Crippen LogP contribution in [-0.2, 0) is 0 Å². The number of rotatable bonds is 2. The maximum absolute atomic E-state index is 13.0. The van der Waals surface area contributed by atoms with Gasteiger partial charge in [-0.2, -0.15) is 0 Å². The summed E-state index contributed by atoms with van der Waals surface area (Å²) in [6.45, 7) is 0. The lowest BCUT2D eigenvalue weighted by molar-refractivity contribution is 0.103. The molecule has 1 aliphatic carbocycles. The van der Waals surface area contributed by atoms with Gasteiger partial charge < -0.3 is 0 Å². The van der Waals surface area contributed by atoms with E-state index in [4.69, 9.17) is 0 Å². The van der Waals surface area contributed by atoms with E-state index in [2.05, 4.69) is 29.3 Å². The summed E-state index contributed by atoms with van der Waals surface area (Å²) in [6, 6.07) is 14.1. The highest BCUT2D eigenvalue weighted by atomic mass is 16.1. The van der Waals surface area contributed by atoms with Gasteiger partial charge in [0.1, 0.15) is 0 Å². The Morgan fingerprint density at radius 3 is 2.68 bits per heavy atom. The second kappa shape index (κ2) is 5.38. The van der Waals surface area contributed by atoms with Crippen molar-refractivity contribution in [1.29, 1.82) is 0 Å². The summed E-state index contributed by atoms with van der Waals surface area (Å²) < 4.78 is 0. The fourth-order valence-electron chi connectivity index (χ4n) is 3.32. The van der Waals surface area contributed by atoms with Crippen molar-refractivity contribution in [3.8, 4) is 0 Å². The van der Waals surface area contributed by atoms with Crippen molar-refractivity contribution in [2.24, 2.45) is 0 Å². The minimum absolute atomic E-state index is 0.170. The highest BCUT2D eigenvalue weighted by Crippen LogP contribution is 2.30. The maximum Gasteiger partial charge on any atom is 0.189 e. The Labute approximate surface area is 129 Å². The van der Waals surface area contributed by atoms with Gasteiger partial charge in [-0.15, -0.1) is 0 Å². The molecule has 0 amide bonds. The van der Waals surface area contributed by atoms with Gasteiger partial charge in [0.05, 0.1) is 5.52 Å². The summed E-state index contributed by atoms with van der Waals surface area (Å²) in [5.74, 6) is 0.170. The zero-order chi connectivity index (χ0) is 14.9. The van der Waals surface area contributed by atoms with Crippen LogP contribution < -0.4 is 0 Å². The third-order valence-electron chi connectivity index (χ3n) is 4.44. The van der Waals surface area contributed by atoms with Crippen LogP contribution in [-0.4, -0.2) is 10.8 Å². The summed E-state index contributed by atoms with van der Waals surface area (Å²) >= 11 is 0. The largest absolute Gasteiger partial charge is 0.289 e. The third-order valence-corrected chi connectivity index (χ3v) is 4.44. The number of pyridine rings is 1. The predicted molar refractivity (Wildman–Crippen MR) is 90.1 cm³/mol. The smallest absolute Gasteiger partial charge is 0.189 e. The van der Waals surface area contributed by atoms with Crippen LogP contribution in [0.2, 0.25) is 0 Å². The maximum atomic E-state index is 13.0. The quantitative estimate of drug-likeness (QED) is 0.486. The zero-order valence-corrected chi connectivity index (χ0v) is 12.4. The van der Waals surface area contributed by atoms with E-state index in [-0.39, 0.29) is 5.78 Å². The lowest BCUT2D eigenvalue weighted by Crippen LogP contribution is -2.07. The second-order valence-electron chi connectivity index (χ2n) is 5.85. The molecule has 22 heavy (non-hydrogen) atoms. The first-order chi connectivity index (χ1) is 10.8. The number of benzene rings is 2. The minimum atomic E-state index is 0.170. The molecule has 0 aliphatic heterocycles. The number of carbonyl (C=O) groups is 1. The van der Waals surface area contributed by atoms with E-state index >= 15 is 0 Å². The number of hydrogen-bond acceptors (Lipinski definition) is 2. The van der Waals surface area contributed by atoms with Gasteiger partial charge in [0.2, 0.25) is 0 Å². The lowest BCUT2D eigenvalue weighted by Gasteiger charge is -2.13. The molecule has 108 valence electrons. The van der Waals surface area contributed by atoms with E-state index in [9.17, 15) is 4.79 Å². The van der Waals surface area contributed by atoms with Crippen molar-refractivity contribution in [2.75, 3.05) is 0 Å². The molecule has 0 saturated carbocycles. The van der Waals surface area contributed by atoms with Crippen LogP contribution in [0.15, 0.2) is 60.3 Å². The summed E-state index contributed by atoms with van der Waals surface area (Å²) in [4.78, 5) is 17.5. The Morgan fingerprint density at radius 1 is 0.955 bits per heavy atom. The molecular weight excluding hydrogens is 270 g/mol.